The van der Waals surface area contributed by atoms with Crippen LogP contribution in [-0.2, 0) is 11.2 Å². The molecule has 0 aliphatic carbocycles. The highest BCUT2D eigenvalue weighted by Crippen LogP contribution is 2.18. The van der Waals surface area contributed by atoms with E-state index in [4.69, 9.17) is 0 Å². The Morgan fingerprint density at radius 2 is 1.48 bits per heavy atom. The van der Waals surface area contributed by atoms with Crippen LogP contribution in [0.25, 0.3) is 0 Å². The van der Waals surface area contributed by atoms with Crippen LogP contribution in [0.5, 0.6) is 0 Å². The molecule has 0 unspecified atom stereocenters. The van der Waals surface area contributed by atoms with E-state index in [0.717, 1.165) is 11.1 Å². The molecule has 132 valence electrons. The number of carbonyl (C=O) groups excluding carboxylic acids is 2. The van der Waals surface area contributed by atoms with E-state index in [1.807, 2.05) is 60.7 Å². The molecule has 5 heteroatoms. The SMILES string of the molecule is C[C@H](NC(=O)N[C@@H](Cc1ccccc1)c1ccccc1)C(=O)N(C)C. The van der Waals surface area contributed by atoms with Gasteiger partial charge in [0.25, 0.3) is 0 Å². The smallest absolute Gasteiger partial charge is 0.315 e. The monoisotopic (exact) mass is 339 g/mol. The zero-order valence-electron chi connectivity index (χ0n) is 14.9. The zero-order valence-corrected chi connectivity index (χ0v) is 14.9. The summed E-state index contributed by atoms with van der Waals surface area (Å²) >= 11 is 0. The minimum Gasteiger partial charge on any atom is -0.347 e. The predicted octanol–water partition coefficient (Wildman–Crippen LogP) is 2.75. The Labute approximate surface area is 149 Å². The zero-order chi connectivity index (χ0) is 18.2. The Kier molecular flexibility index (Phi) is 6.57. The number of benzene rings is 2. The van der Waals surface area contributed by atoms with Crippen LogP contribution in [0.15, 0.2) is 60.7 Å². The molecule has 2 N–H and O–H groups in total. The van der Waals surface area contributed by atoms with Crippen molar-refractivity contribution in [3.8, 4) is 0 Å². The number of hydrogen-bond donors (Lipinski definition) is 2. The predicted molar refractivity (Wildman–Crippen MR) is 99.2 cm³/mol. The van der Waals surface area contributed by atoms with Crippen LogP contribution in [0.3, 0.4) is 0 Å². The van der Waals surface area contributed by atoms with E-state index in [-0.39, 0.29) is 18.0 Å². The Morgan fingerprint density at radius 1 is 0.920 bits per heavy atom. The topological polar surface area (TPSA) is 61.4 Å². The normalized spacial score (nSPS) is 12.8. The first-order valence-electron chi connectivity index (χ1n) is 8.34. The molecule has 25 heavy (non-hydrogen) atoms. The Balaban J connectivity index is 2.08. The number of nitrogens with one attached hydrogen (secondary N) is 2. The molecule has 0 aromatic heterocycles. The first-order chi connectivity index (χ1) is 12.0. The maximum atomic E-state index is 12.4. The molecule has 0 fully saturated rings. The highest BCUT2D eigenvalue weighted by atomic mass is 16.2. The quantitative estimate of drug-likeness (QED) is 0.850. The molecule has 5 nitrogen and oxygen atoms in total. The van der Waals surface area contributed by atoms with Crippen LogP contribution >= 0.6 is 0 Å². The van der Waals surface area contributed by atoms with Gasteiger partial charge >= 0.3 is 6.03 Å². The Hall–Kier alpha value is -2.82. The fraction of sp³-hybridized carbons (Fsp3) is 0.300. The molecule has 0 spiro atoms. The van der Waals surface area contributed by atoms with E-state index in [2.05, 4.69) is 10.6 Å². The van der Waals surface area contributed by atoms with Crippen LogP contribution < -0.4 is 10.6 Å². The molecule has 2 aromatic rings. The van der Waals surface area contributed by atoms with E-state index in [0.29, 0.717) is 6.42 Å². The van der Waals surface area contributed by atoms with Crippen LogP contribution in [0, 0.1) is 0 Å². The maximum absolute atomic E-state index is 12.4. The third-order valence-electron chi connectivity index (χ3n) is 3.95. The minimum absolute atomic E-state index is 0.144. The van der Waals surface area contributed by atoms with Gasteiger partial charge in [-0.25, -0.2) is 4.79 Å². The molecule has 2 atom stereocenters. The van der Waals surface area contributed by atoms with Crippen molar-refractivity contribution in [2.24, 2.45) is 0 Å². The molecule has 3 amide bonds. The molecule has 0 aliphatic heterocycles. The first kappa shape index (κ1) is 18.5. The van der Waals surface area contributed by atoms with Gasteiger partial charge in [-0.15, -0.1) is 0 Å². The lowest BCUT2D eigenvalue weighted by atomic mass is 9.99. The second-order valence-electron chi connectivity index (χ2n) is 6.23. The number of carbonyl (C=O) groups is 2. The van der Waals surface area contributed by atoms with Crippen molar-refractivity contribution in [2.75, 3.05) is 14.1 Å². The number of amides is 3. The van der Waals surface area contributed by atoms with Gasteiger partial charge in [0.2, 0.25) is 5.91 Å². The van der Waals surface area contributed by atoms with E-state index >= 15 is 0 Å². The summed E-state index contributed by atoms with van der Waals surface area (Å²) in [5.74, 6) is -0.144. The fourth-order valence-electron chi connectivity index (χ4n) is 2.63. The summed E-state index contributed by atoms with van der Waals surface area (Å²) in [6.45, 7) is 1.68. The average Bonchev–Trinajstić information content (AvgIpc) is 2.62. The molecule has 0 radical (unpaired) electrons. The van der Waals surface area contributed by atoms with Gasteiger partial charge in [0.15, 0.2) is 0 Å². The van der Waals surface area contributed by atoms with Crippen molar-refractivity contribution in [1.82, 2.24) is 15.5 Å². The van der Waals surface area contributed by atoms with E-state index in [1.165, 1.54) is 4.90 Å². The number of hydrogen-bond acceptors (Lipinski definition) is 2. The largest absolute Gasteiger partial charge is 0.347 e. The van der Waals surface area contributed by atoms with Crippen molar-refractivity contribution in [1.29, 1.82) is 0 Å². The summed E-state index contributed by atoms with van der Waals surface area (Å²) in [5, 5.41) is 5.69. The summed E-state index contributed by atoms with van der Waals surface area (Å²) in [5.41, 5.74) is 2.15. The second kappa shape index (κ2) is 8.87. The summed E-state index contributed by atoms with van der Waals surface area (Å²) in [6.07, 6.45) is 0.675. The van der Waals surface area contributed by atoms with E-state index in [1.54, 1.807) is 21.0 Å². The van der Waals surface area contributed by atoms with Gasteiger partial charge in [-0.2, -0.15) is 0 Å². The van der Waals surface area contributed by atoms with Gasteiger partial charge < -0.3 is 15.5 Å². The molecule has 0 saturated carbocycles. The van der Waals surface area contributed by atoms with Gasteiger partial charge in [-0.3, -0.25) is 4.79 Å². The van der Waals surface area contributed by atoms with Gasteiger partial charge in [0.05, 0.1) is 6.04 Å². The molecule has 2 rings (SSSR count). The average molecular weight is 339 g/mol. The number of likely N-dealkylation sites (N-methyl/N-ethyl adjacent to an activating group) is 1. The van der Waals surface area contributed by atoms with Crippen molar-refractivity contribution >= 4 is 11.9 Å². The minimum atomic E-state index is -0.580. The van der Waals surface area contributed by atoms with Crippen molar-refractivity contribution < 1.29 is 9.59 Å². The standard InChI is InChI=1S/C20H25N3O2/c1-15(19(24)23(2)3)21-20(25)22-18(17-12-8-5-9-13-17)14-16-10-6-4-7-11-16/h4-13,15,18H,14H2,1-3H3,(H2,21,22,25)/t15-,18-/m0/s1. The molecule has 2 aromatic carbocycles. The lowest BCUT2D eigenvalue weighted by Crippen LogP contribution is -2.49. The van der Waals surface area contributed by atoms with Gasteiger partial charge in [0.1, 0.15) is 6.04 Å². The number of rotatable bonds is 6. The Morgan fingerprint density at radius 3 is 2.04 bits per heavy atom. The fourth-order valence-corrected chi connectivity index (χ4v) is 2.63. The summed E-state index contributed by atoms with van der Waals surface area (Å²) in [4.78, 5) is 25.7. The lowest BCUT2D eigenvalue weighted by Gasteiger charge is -2.22. The third kappa shape index (κ3) is 5.64. The first-order valence-corrected chi connectivity index (χ1v) is 8.34. The summed E-state index contributed by atoms with van der Waals surface area (Å²) in [6, 6.07) is 18.7. The van der Waals surface area contributed by atoms with Crippen LogP contribution in [0.1, 0.15) is 24.1 Å². The number of nitrogens with zero attached hydrogens (tertiary/aromatic N) is 1. The van der Waals surface area contributed by atoms with Crippen molar-refractivity contribution in [3.63, 3.8) is 0 Å². The van der Waals surface area contributed by atoms with Crippen molar-refractivity contribution in [3.05, 3.63) is 71.8 Å². The summed E-state index contributed by atoms with van der Waals surface area (Å²) in [7, 11) is 3.33. The molecule has 0 heterocycles. The van der Waals surface area contributed by atoms with E-state index in [9.17, 15) is 9.59 Å². The molecular formula is C20H25N3O2. The van der Waals surface area contributed by atoms with Crippen LogP contribution in [0.4, 0.5) is 4.79 Å². The van der Waals surface area contributed by atoms with Crippen LogP contribution in [0.2, 0.25) is 0 Å². The molecule has 0 saturated heterocycles. The van der Waals surface area contributed by atoms with Gasteiger partial charge in [0, 0.05) is 14.1 Å². The van der Waals surface area contributed by atoms with Crippen molar-refractivity contribution in [2.45, 2.75) is 25.4 Å². The highest BCUT2D eigenvalue weighted by Gasteiger charge is 2.20. The molecule has 0 aliphatic rings. The second-order valence-corrected chi connectivity index (χ2v) is 6.23. The van der Waals surface area contributed by atoms with Gasteiger partial charge in [-0.05, 0) is 24.5 Å². The number of urea groups is 1. The summed E-state index contributed by atoms with van der Waals surface area (Å²) < 4.78 is 0. The lowest BCUT2D eigenvalue weighted by molar-refractivity contribution is -0.130. The maximum Gasteiger partial charge on any atom is 0.315 e. The third-order valence-corrected chi connectivity index (χ3v) is 3.95. The highest BCUT2D eigenvalue weighted by molar-refractivity contribution is 5.86. The van der Waals surface area contributed by atoms with E-state index < -0.39 is 6.04 Å². The molecular weight excluding hydrogens is 314 g/mol. The van der Waals surface area contributed by atoms with Gasteiger partial charge in [-0.1, -0.05) is 60.7 Å². The Bertz CT molecular complexity index is 687. The van der Waals surface area contributed by atoms with Crippen LogP contribution in [-0.4, -0.2) is 37.0 Å². The molecule has 0 bridgehead atoms.